The van der Waals surface area contributed by atoms with Crippen molar-refractivity contribution in [2.24, 2.45) is 5.92 Å². The van der Waals surface area contributed by atoms with E-state index in [-0.39, 0.29) is 11.8 Å². The lowest BCUT2D eigenvalue weighted by atomic mass is 9.89. The highest BCUT2D eigenvalue weighted by molar-refractivity contribution is 6.30. The average molecular weight is 434 g/mol. The normalized spacial score (nSPS) is 15.4. The molecule has 1 aliphatic carbocycles. The summed E-state index contributed by atoms with van der Waals surface area (Å²) in [6.07, 6.45) is 5.00. The second kappa shape index (κ2) is 10.3. The first kappa shape index (κ1) is 21.9. The van der Waals surface area contributed by atoms with Crippen molar-refractivity contribution >= 4 is 29.4 Å². The average Bonchev–Trinajstić information content (AvgIpc) is 3.23. The van der Waals surface area contributed by atoms with E-state index < -0.39 is 24.5 Å². The van der Waals surface area contributed by atoms with Gasteiger partial charge in [-0.15, -0.1) is 15.0 Å². The van der Waals surface area contributed by atoms with Gasteiger partial charge in [0.05, 0.1) is 0 Å². The minimum Gasteiger partial charge on any atom is -0.454 e. The van der Waals surface area contributed by atoms with Crippen molar-refractivity contribution in [3.8, 4) is 11.4 Å². The Morgan fingerprint density at radius 1 is 1.20 bits per heavy atom. The number of carbonyl (C=O) groups excluding carboxylic acids is 3. The standard InChI is InChI=1S/C20H24ClN5O4/c1-2-16(26-24-18(23-25-26)13-8-10-15(21)11-9-13)20(29)30-12-17(27)22-19(28)14-6-4-3-5-7-14/h8-11,14,16H,2-7,12H2,1H3,(H,22,27,28). The summed E-state index contributed by atoms with van der Waals surface area (Å²) >= 11 is 5.88. The predicted molar refractivity (Wildman–Crippen MR) is 108 cm³/mol. The van der Waals surface area contributed by atoms with Crippen LogP contribution in [0.3, 0.4) is 0 Å². The Morgan fingerprint density at radius 2 is 1.90 bits per heavy atom. The molecule has 1 fully saturated rings. The van der Waals surface area contributed by atoms with Gasteiger partial charge in [-0.25, -0.2) is 4.79 Å². The van der Waals surface area contributed by atoms with Crippen LogP contribution in [-0.4, -0.2) is 44.6 Å². The summed E-state index contributed by atoms with van der Waals surface area (Å²) in [6, 6.07) is 6.07. The maximum absolute atomic E-state index is 12.4. The second-order valence-corrected chi connectivity index (χ2v) is 7.66. The number of carbonyl (C=O) groups is 3. The lowest BCUT2D eigenvalue weighted by Gasteiger charge is -2.20. The monoisotopic (exact) mass is 433 g/mol. The number of amides is 2. The molecule has 0 aliphatic heterocycles. The molecule has 2 aromatic rings. The van der Waals surface area contributed by atoms with Crippen LogP contribution in [0, 0.1) is 5.92 Å². The van der Waals surface area contributed by atoms with E-state index in [1.54, 1.807) is 31.2 Å². The number of aromatic nitrogens is 4. The molecule has 10 heteroatoms. The van der Waals surface area contributed by atoms with Crippen LogP contribution in [0.15, 0.2) is 24.3 Å². The van der Waals surface area contributed by atoms with E-state index >= 15 is 0 Å². The zero-order valence-corrected chi connectivity index (χ0v) is 17.5. The summed E-state index contributed by atoms with van der Waals surface area (Å²) in [6.45, 7) is 1.23. The van der Waals surface area contributed by atoms with E-state index in [0.29, 0.717) is 22.8 Å². The third kappa shape index (κ3) is 5.63. The molecular weight excluding hydrogens is 410 g/mol. The largest absolute Gasteiger partial charge is 0.454 e. The molecular formula is C20H24ClN5O4. The summed E-state index contributed by atoms with van der Waals surface area (Å²) in [5.41, 5.74) is 0.703. The fourth-order valence-corrected chi connectivity index (χ4v) is 3.50. The molecule has 0 bridgehead atoms. The molecule has 160 valence electrons. The van der Waals surface area contributed by atoms with Gasteiger partial charge < -0.3 is 4.74 Å². The maximum Gasteiger partial charge on any atom is 0.333 e. The summed E-state index contributed by atoms with van der Waals surface area (Å²) in [5, 5.41) is 15.0. The summed E-state index contributed by atoms with van der Waals surface area (Å²) in [7, 11) is 0. The Balaban J connectivity index is 1.54. The molecule has 1 unspecified atom stereocenters. The van der Waals surface area contributed by atoms with Crippen LogP contribution < -0.4 is 5.32 Å². The topological polar surface area (TPSA) is 116 Å². The van der Waals surface area contributed by atoms with E-state index in [1.165, 1.54) is 0 Å². The van der Waals surface area contributed by atoms with Crippen molar-refractivity contribution < 1.29 is 19.1 Å². The maximum atomic E-state index is 12.4. The zero-order chi connectivity index (χ0) is 21.5. The number of tetrazole rings is 1. The third-order valence-electron chi connectivity index (χ3n) is 5.05. The molecule has 1 atom stereocenters. The van der Waals surface area contributed by atoms with Crippen molar-refractivity contribution in [2.75, 3.05) is 6.61 Å². The van der Waals surface area contributed by atoms with Crippen LogP contribution in [0.2, 0.25) is 5.02 Å². The van der Waals surface area contributed by atoms with Gasteiger partial charge in [0.15, 0.2) is 12.6 Å². The van der Waals surface area contributed by atoms with Gasteiger partial charge in [-0.05, 0) is 48.7 Å². The van der Waals surface area contributed by atoms with Crippen molar-refractivity contribution in [3.05, 3.63) is 29.3 Å². The number of nitrogens with one attached hydrogen (secondary N) is 1. The fourth-order valence-electron chi connectivity index (χ4n) is 3.37. The van der Waals surface area contributed by atoms with Crippen LogP contribution in [0.1, 0.15) is 51.5 Å². The number of hydrogen-bond acceptors (Lipinski definition) is 7. The minimum absolute atomic E-state index is 0.146. The van der Waals surface area contributed by atoms with E-state index in [4.69, 9.17) is 16.3 Å². The first-order valence-corrected chi connectivity index (χ1v) is 10.4. The summed E-state index contributed by atoms with van der Waals surface area (Å²) in [4.78, 5) is 37.7. The molecule has 2 amide bonds. The summed E-state index contributed by atoms with van der Waals surface area (Å²) < 4.78 is 5.08. The van der Waals surface area contributed by atoms with Gasteiger partial charge in [0, 0.05) is 16.5 Å². The molecule has 1 saturated carbocycles. The molecule has 1 aromatic carbocycles. The van der Waals surface area contributed by atoms with E-state index in [1.807, 2.05) is 0 Å². The molecule has 9 nitrogen and oxygen atoms in total. The van der Waals surface area contributed by atoms with E-state index in [9.17, 15) is 14.4 Å². The number of nitrogens with zero attached hydrogens (tertiary/aromatic N) is 4. The number of esters is 1. The van der Waals surface area contributed by atoms with Crippen LogP contribution in [0.4, 0.5) is 0 Å². The van der Waals surface area contributed by atoms with Crippen LogP contribution in [0.5, 0.6) is 0 Å². The molecule has 1 aromatic heterocycles. The van der Waals surface area contributed by atoms with Crippen molar-refractivity contribution in [1.82, 2.24) is 25.5 Å². The minimum atomic E-state index is -0.833. The van der Waals surface area contributed by atoms with Gasteiger partial charge in [-0.1, -0.05) is 37.8 Å². The smallest absolute Gasteiger partial charge is 0.333 e. The highest BCUT2D eigenvalue weighted by atomic mass is 35.5. The van der Waals surface area contributed by atoms with Crippen LogP contribution in [-0.2, 0) is 19.1 Å². The van der Waals surface area contributed by atoms with Gasteiger partial charge in [-0.2, -0.15) is 0 Å². The highest BCUT2D eigenvalue weighted by Crippen LogP contribution is 2.23. The lowest BCUT2D eigenvalue weighted by Crippen LogP contribution is -2.39. The zero-order valence-electron chi connectivity index (χ0n) is 16.7. The molecule has 1 N–H and O–H groups in total. The molecule has 0 saturated heterocycles. The Labute approximate surface area is 179 Å². The van der Waals surface area contributed by atoms with Gasteiger partial charge in [0.2, 0.25) is 11.7 Å². The summed E-state index contributed by atoms with van der Waals surface area (Å²) in [5.74, 6) is -1.41. The van der Waals surface area contributed by atoms with Crippen molar-refractivity contribution in [1.29, 1.82) is 0 Å². The Hall–Kier alpha value is -2.81. The molecule has 1 aliphatic rings. The predicted octanol–water partition coefficient (Wildman–Crippen LogP) is 2.71. The number of hydrogen-bond donors (Lipinski definition) is 1. The van der Waals surface area contributed by atoms with Crippen LogP contribution in [0.25, 0.3) is 11.4 Å². The van der Waals surface area contributed by atoms with Crippen molar-refractivity contribution in [3.63, 3.8) is 0 Å². The van der Waals surface area contributed by atoms with E-state index in [2.05, 4.69) is 20.7 Å². The van der Waals surface area contributed by atoms with Crippen molar-refractivity contribution in [2.45, 2.75) is 51.5 Å². The third-order valence-corrected chi connectivity index (χ3v) is 5.30. The van der Waals surface area contributed by atoms with Gasteiger partial charge in [0.25, 0.3) is 5.91 Å². The first-order valence-electron chi connectivity index (χ1n) is 10.0. The van der Waals surface area contributed by atoms with Gasteiger partial charge in [-0.3, -0.25) is 14.9 Å². The van der Waals surface area contributed by atoms with E-state index in [0.717, 1.165) is 36.9 Å². The number of benzene rings is 1. The highest BCUT2D eigenvalue weighted by Gasteiger charge is 2.26. The van der Waals surface area contributed by atoms with Gasteiger partial charge in [0.1, 0.15) is 0 Å². The molecule has 30 heavy (non-hydrogen) atoms. The SMILES string of the molecule is CCC(C(=O)OCC(=O)NC(=O)C1CCCCC1)n1nnc(-c2ccc(Cl)cc2)n1. The Bertz CT molecular complexity index is 893. The number of halogens is 1. The molecule has 3 rings (SSSR count). The molecule has 0 radical (unpaired) electrons. The number of ether oxygens (including phenoxy) is 1. The first-order chi connectivity index (χ1) is 14.5. The van der Waals surface area contributed by atoms with Gasteiger partial charge >= 0.3 is 5.97 Å². The number of imide groups is 1. The molecule has 1 heterocycles. The van der Waals surface area contributed by atoms with Crippen LogP contribution >= 0.6 is 11.6 Å². The Morgan fingerprint density at radius 3 is 2.57 bits per heavy atom. The molecule has 0 spiro atoms. The number of rotatable bonds is 7. The lowest BCUT2D eigenvalue weighted by molar-refractivity contribution is -0.153. The Kier molecular flexibility index (Phi) is 7.51. The second-order valence-electron chi connectivity index (χ2n) is 7.22. The quantitative estimate of drug-likeness (QED) is 0.667. The fraction of sp³-hybridized carbons (Fsp3) is 0.500.